The predicted octanol–water partition coefficient (Wildman–Crippen LogP) is 2.53. The van der Waals surface area contributed by atoms with E-state index in [0.717, 1.165) is 6.54 Å². The van der Waals surface area contributed by atoms with Gasteiger partial charge in [-0.1, -0.05) is 18.0 Å². The van der Waals surface area contributed by atoms with Gasteiger partial charge >= 0.3 is 0 Å². The largest absolute Gasteiger partial charge is 0.504 e. The standard InChI is InChI=1S/C9H13ClN2OS/c10-9-8(13)5-11-12(9)6-7-3-1-2-4-14-7/h5,7,13H,1-4,6H2. The monoisotopic (exact) mass is 232 g/mol. The Morgan fingerprint density at radius 1 is 1.64 bits per heavy atom. The van der Waals surface area contributed by atoms with Crippen LogP contribution in [-0.4, -0.2) is 25.9 Å². The van der Waals surface area contributed by atoms with Crippen LogP contribution in [0.3, 0.4) is 0 Å². The summed E-state index contributed by atoms with van der Waals surface area (Å²) >= 11 is 7.84. The van der Waals surface area contributed by atoms with Crippen molar-refractivity contribution in [3.05, 3.63) is 11.3 Å². The van der Waals surface area contributed by atoms with E-state index >= 15 is 0 Å². The maximum atomic E-state index is 9.25. The van der Waals surface area contributed by atoms with E-state index in [1.54, 1.807) is 4.68 Å². The third-order valence-electron chi connectivity index (χ3n) is 2.41. The molecule has 1 aromatic heterocycles. The van der Waals surface area contributed by atoms with E-state index in [2.05, 4.69) is 5.10 Å². The van der Waals surface area contributed by atoms with Gasteiger partial charge in [-0.3, -0.25) is 0 Å². The molecular weight excluding hydrogens is 220 g/mol. The van der Waals surface area contributed by atoms with E-state index < -0.39 is 0 Å². The summed E-state index contributed by atoms with van der Waals surface area (Å²) in [5, 5.41) is 14.2. The van der Waals surface area contributed by atoms with Gasteiger partial charge in [-0.2, -0.15) is 16.9 Å². The number of aromatic nitrogens is 2. The molecule has 1 aromatic rings. The molecule has 2 heterocycles. The number of rotatable bonds is 2. The molecule has 1 N–H and O–H groups in total. The number of hydrogen-bond donors (Lipinski definition) is 1. The van der Waals surface area contributed by atoms with Crippen molar-refractivity contribution in [3.63, 3.8) is 0 Å². The summed E-state index contributed by atoms with van der Waals surface area (Å²) in [5.74, 6) is 1.31. The Morgan fingerprint density at radius 3 is 3.07 bits per heavy atom. The lowest BCUT2D eigenvalue weighted by Crippen LogP contribution is -2.17. The molecule has 1 aliphatic rings. The molecule has 1 aliphatic heterocycles. The van der Waals surface area contributed by atoms with E-state index in [9.17, 15) is 5.11 Å². The van der Waals surface area contributed by atoms with Crippen LogP contribution in [0.2, 0.25) is 5.15 Å². The second-order valence-corrected chi connectivity index (χ2v) is 5.26. The highest BCUT2D eigenvalue weighted by molar-refractivity contribution is 7.99. The van der Waals surface area contributed by atoms with Crippen LogP contribution in [0.15, 0.2) is 6.20 Å². The number of hydrogen-bond acceptors (Lipinski definition) is 3. The molecule has 0 spiro atoms. The van der Waals surface area contributed by atoms with E-state index in [1.807, 2.05) is 11.8 Å². The lowest BCUT2D eigenvalue weighted by Gasteiger charge is -2.21. The van der Waals surface area contributed by atoms with Gasteiger partial charge in [0.2, 0.25) is 0 Å². The van der Waals surface area contributed by atoms with Crippen molar-refractivity contribution in [3.8, 4) is 5.75 Å². The van der Waals surface area contributed by atoms with Crippen molar-refractivity contribution in [1.82, 2.24) is 9.78 Å². The van der Waals surface area contributed by atoms with Gasteiger partial charge < -0.3 is 5.11 Å². The zero-order valence-corrected chi connectivity index (χ0v) is 9.39. The van der Waals surface area contributed by atoms with Crippen molar-refractivity contribution in [2.45, 2.75) is 31.1 Å². The first-order chi connectivity index (χ1) is 6.77. The quantitative estimate of drug-likeness (QED) is 0.852. The molecule has 78 valence electrons. The van der Waals surface area contributed by atoms with Crippen LogP contribution in [-0.2, 0) is 6.54 Å². The van der Waals surface area contributed by atoms with Crippen LogP contribution >= 0.6 is 23.4 Å². The van der Waals surface area contributed by atoms with Gasteiger partial charge in [-0.05, 0) is 18.6 Å². The maximum Gasteiger partial charge on any atom is 0.172 e. The summed E-state index contributed by atoms with van der Waals surface area (Å²) in [5.41, 5.74) is 0. The molecule has 1 saturated heterocycles. The fraction of sp³-hybridized carbons (Fsp3) is 0.667. The predicted molar refractivity (Wildman–Crippen MR) is 59.0 cm³/mol. The molecule has 0 saturated carbocycles. The van der Waals surface area contributed by atoms with Crippen molar-refractivity contribution in [1.29, 1.82) is 0 Å². The molecule has 0 bridgehead atoms. The Bertz CT molecular complexity index is 310. The minimum Gasteiger partial charge on any atom is -0.504 e. The molecule has 1 unspecified atom stereocenters. The van der Waals surface area contributed by atoms with Gasteiger partial charge in [0.05, 0.1) is 12.7 Å². The zero-order valence-electron chi connectivity index (χ0n) is 7.82. The summed E-state index contributed by atoms with van der Waals surface area (Å²) in [4.78, 5) is 0. The normalized spacial score (nSPS) is 22.5. The average Bonchev–Trinajstić information content (AvgIpc) is 2.52. The van der Waals surface area contributed by atoms with E-state index in [1.165, 1.54) is 31.2 Å². The number of thioether (sulfide) groups is 1. The minimum atomic E-state index is 0.0764. The van der Waals surface area contributed by atoms with Crippen molar-refractivity contribution >= 4 is 23.4 Å². The Labute approximate surface area is 92.4 Å². The fourth-order valence-corrected chi connectivity index (χ4v) is 3.08. The highest BCUT2D eigenvalue weighted by atomic mass is 35.5. The second-order valence-electron chi connectivity index (χ2n) is 3.49. The molecular formula is C9H13ClN2OS. The Balaban J connectivity index is 1.99. The van der Waals surface area contributed by atoms with Gasteiger partial charge in [0, 0.05) is 5.25 Å². The first-order valence-corrected chi connectivity index (χ1v) is 6.22. The van der Waals surface area contributed by atoms with Crippen molar-refractivity contribution < 1.29 is 5.11 Å². The zero-order chi connectivity index (χ0) is 9.97. The van der Waals surface area contributed by atoms with E-state index in [-0.39, 0.29) is 5.75 Å². The molecule has 14 heavy (non-hydrogen) atoms. The topological polar surface area (TPSA) is 38.1 Å². The van der Waals surface area contributed by atoms with Gasteiger partial charge in [-0.25, -0.2) is 4.68 Å². The molecule has 1 fully saturated rings. The molecule has 0 aromatic carbocycles. The lowest BCUT2D eigenvalue weighted by molar-refractivity contribution is 0.472. The summed E-state index contributed by atoms with van der Waals surface area (Å²) in [6.45, 7) is 0.810. The first-order valence-electron chi connectivity index (χ1n) is 4.79. The molecule has 1 atom stereocenters. The summed E-state index contributed by atoms with van der Waals surface area (Å²) < 4.78 is 1.68. The van der Waals surface area contributed by atoms with Crippen molar-refractivity contribution in [2.75, 3.05) is 5.75 Å². The number of halogens is 1. The Hall–Kier alpha value is -0.350. The number of nitrogens with zero attached hydrogens (tertiary/aromatic N) is 2. The molecule has 5 heteroatoms. The highest BCUT2D eigenvalue weighted by Gasteiger charge is 2.17. The van der Waals surface area contributed by atoms with Gasteiger partial charge in [0.1, 0.15) is 0 Å². The van der Waals surface area contributed by atoms with Crippen LogP contribution in [0.4, 0.5) is 0 Å². The fourth-order valence-electron chi connectivity index (χ4n) is 1.63. The Morgan fingerprint density at radius 2 is 2.50 bits per heavy atom. The SMILES string of the molecule is Oc1cnn(CC2CCCCS2)c1Cl. The van der Waals surface area contributed by atoms with Crippen LogP contribution in [0.5, 0.6) is 5.75 Å². The van der Waals surface area contributed by atoms with Crippen molar-refractivity contribution in [2.24, 2.45) is 0 Å². The second kappa shape index (κ2) is 4.45. The average molecular weight is 233 g/mol. The lowest BCUT2D eigenvalue weighted by atomic mass is 10.2. The van der Waals surface area contributed by atoms with Gasteiger partial charge in [0.25, 0.3) is 0 Å². The summed E-state index contributed by atoms with van der Waals surface area (Å²) in [6.07, 6.45) is 5.24. The van der Waals surface area contributed by atoms with Gasteiger partial charge in [0.15, 0.2) is 10.9 Å². The van der Waals surface area contributed by atoms with Crippen LogP contribution in [0, 0.1) is 0 Å². The third kappa shape index (κ3) is 2.17. The molecule has 0 radical (unpaired) electrons. The molecule has 2 rings (SSSR count). The molecule has 0 amide bonds. The molecule has 0 aliphatic carbocycles. The smallest absolute Gasteiger partial charge is 0.172 e. The van der Waals surface area contributed by atoms with Gasteiger partial charge in [-0.15, -0.1) is 0 Å². The Kier molecular flexibility index (Phi) is 3.23. The highest BCUT2D eigenvalue weighted by Crippen LogP contribution is 2.29. The summed E-state index contributed by atoms with van der Waals surface area (Å²) in [7, 11) is 0. The van der Waals surface area contributed by atoms with E-state index in [0.29, 0.717) is 10.4 Å². The van der Waals surface area contributed by atoms with Crippen LogP contribution in [0.25, 0.3) is 0 Å². The maximum absolute atomic E-state index is 9.25. The third-order valence-corrected chi connectivity index (χ3v) is 4.18. The van der Waals surface area contributed by atoms with Crippen LogP contribution < -0.4 is 0 Å². The molecule has 3 nitrogen and oxygen atoms in total. The van der Waals surface area contributed by atoms with E-state index in [4.69, 9.17) is 11.6 Å². The first kappa shape index (κ1) is 10.2. The summed E-state index contributed by atoms with van der Waals surface area (Å²) in [6, 6.07) is 0. The van der Waals surface area contributed by atoms with Crippen LogP contribution in [0.1, 0.15) is 19.3 Å². The number of aromatic hydroxyl groups is 1. The minimum absolute atomic E-state index is 0.0764.